The summed E-state index contributed by atoms with van der Waals surface area (Å²) in [5, 5.41) is 1.08. The summed E-state index contributed by atoms with van der Waals surface area (Å²) in [6.07, 6.45) is 5.82. The van der Waals surface area contributed by atoms with Crippen molar-refractivity contribution in [3.8, 4) is 22.5 Å². The van der Waals surface area contributed by atoms with Crippen LogP contribution in [0.1, 0.15) is 24.6 Å². The molecule has 9 heteroatoms. The summed E-state index contributed by atoms with van der Waals surface area (Å²) in [5.74, 6) is 1.85. The number of aromatic nitrogens is 4. The van der Waals surface area contributed by atoms with Crippen LogP contribution in [0.15, 0.2) is 73.1 Å². The summed E-state index contributed by atoms with van der Waals surface area (Å²) in [6.45, 7) is 3.38. The van der Waals surface area contributed by atoms with E-state index in [0.29, 0.717) is 17.8 Å². The number of anilines is 1. The number of fused-ring (bicyclic) bond motifs is 2. The van der Waals surface area contributed by atoms with Crippen LogP contribution in [0.4, 0.5) is 10.6 Å². The van der Waals surface area contributed by atoms with Gasteiger partial charge in [0.1, 0.15) is 22.9 Å². The van der Waals surface area contributed by atoms with E-state index in [1.165, 1.54) is 0 Å². The van der Waals surface area contributed by atoms with Crippen LogP contribution in [0.25, 0.3) is 38.9 Å². The number of urea groups is 1. The number of benzene rings is 2. The van der Waals surface area contributed by atoms with Gasteiger partial charge in [-0.1, -0.05) is 48.5 Å². The zero-order valence-corrected chi connectivity index (χ0v) is 23.4. The molecule has 9 nitrogen and oxygen atoms in total. The van der Waals surface area contributed by atoms with Crippen molar-refractivity contribution in [2.45, 2.75) is 24.8 Å². The molecule has 7 rings (SSSR count). The molecule has 4 heterocycles. The highest BCUT2D eigenvalue weighted by atomic mass is 16.2. The predicted molar refractivity (Wildman–Crippen MR) is 162 cm³/mol. The molecule has 3 aromatic heterocycles. The first-order chi connectivity index (χ1) is 20.0. The standard InChI is InChI=1S/C32H34N8O/c1-37(2)32(41)39-16-14-38(15-17-39)25-18-24(19-25)31-36-28(29-30(33)34-12-13-40(29)31)23-9-8-22-10-11-26(35-27(22)20-23)21-6-4-3-5-7-21/h3-13,20,24-25H,14-19H2,1-2H3,(H2,33,34). The number of carbonyl (C=O) groups is 1. The van der Waals surface area contributed by atoms with Crippen molar-refractivity contribution in [2.24, 2.45) is 0 Å². The highest BCUT2D eigenvalue weighted by Gasteiger charge is 2.39. The van der Waals surface area contributed by atoms with Gasteiger partial charge in [0.05, 0.1) is 11.2 Å². The summed E-state index contributed by atoms with van der Waals surface area (Å²) in [4.78, 5) is 33.0. The van der Waals surface area contributed by atoms with Gasteiger partial charge in [-0.15, -0.1) is 0 Å². The summed E-state index contributed by atoms with van der Waals surface area (Å²) in [6, 6.07) is 21.3. The fourth-order valence-corrected chi connectivity index (χ4v) is 6.27. The van der Waals surface area contributed by atoms with Crippen molar-refractivity contribution in [2.75, 3.05) is 46.0 Å². The van der Waals surface area contributed by atoms with Crippen molar-refractivity contribution >= 4 is 28.3 Å². The second-order valence-corrected chi connectivity index (χ2v) is 11.3. The van der Waals surface area contributed by atoms with Gasteiger partial charge in [-0.05, 0) is 25.0 Å². The van der Waals surface area contributed by atoms with E-state index in [-0.39, 0.29) is 6.03 Å². The van der Waals surface area contributed by atoms with E-state index >= 15 is 0 Å². The third-order valence-electron chi connectivity index (χ3n) is 8.61. The minimum atomic E-state index is 0.0962. The Bertz CT molecular complexity index is 1730. The van der Waals surface area contributed by atoms with Crippen molar-refractivity contribution < 1.29 is 4.79 Å². The molecule has 0 atom stereocenters. The number of amides is 2. The number of imidazole rings is 1. The molecule has 41 heavy (non-hydrogen) atoms. The lowest BCUT2D eigenvalue weighted by Crippen LogP contribution is -2.56. The third kappa shape index (κ3) is 4.56. The maximum atomic E-state index is 12.3. The zero-order valence-electron chi connectivity index (χ0n) is 23.4. The molecule has 5 aromatic rings. The molecule has 2 aromatic carbocycles. The van der Waals surface area contributed by atoms with E-state index in [2.05, 4.69) is 56.7 Å². The van der Waals surface area contributed by atoms with Crippen LogP contribution < -0.4 is 5.73 Å². The number of piperazine rings is 1. The van der Waals surface area contributed by atoms with E-state index < -0.39 is 0 Å². The molecule has 0 unspecified atom stereocenters. The van der Waals surface area contributed by atoms with E-state index in [9.17, 15) is 4.79 Å². The van der Waals surface area contributed by atoms with Crippen LogP contribution in [-0.2, 0) is 0 Å². The van der Waals surface area contributed by atoms with Crippen molar-refractivity contribution in [3.63, 3.8) is 0 Å². The summed E-state index contributed by atoms with van der Waals surface area (Å²) < 4.78 is 2.13. The molecular weight excluding hydrogens is 512 g/mol. The smallest absolute Gasteiger partial charge is 0.319 e. The minimum absolute atomic E-state index is 0.0962. The molecule has 0 spiro atoms. The highest BCUT2D eigenvalue weighted by molar-refractivity contribution is 5.91. The third-order valence-corrected chi connectivity index (χ3v) is 8.61. The number of nitrogens with zero attached hydrogens (tertiary/aromatic N) is 7. The molecule has 1 aliphatic carbocycles. The molecule has 2 fully saturated rings. The summed E-state index contributed by atoms with van der Waals surface area (Å²) >= 11 is 0. The van der Waals surface area contributed by atoms with Gasteiger partial charge in [0.25, 0.3) is 0 Å². The van der Waals surface area contributed by atoms with Crippen molar-refractivity contribution in [1.29, 1.82) is 0 Å². The van der Waals surface area contributed by atoms with Gasteiger partial charge in [-0.3, -0.25) is 9.30 Å². The SMILES string of the molecule is CN(C)C(=O)N1CCN(C2CC(c3nc(-c4ccc5ccc(-c6ccccc6)nc5c4)c4c(N)nccn34)C2)CC1. The first kappa shape index (κ1) is 25.5. The van der Waals surface area contributed by atoms with E-state index in [1.54, 1.807) is 11.1 Å². The molecule has 2 N–H and O–H groups in total. The van der Waals surface area contributed by atoms with Crippen LogP contribution in [-0.4, -0.2) is 86.4 Å². The molecule has 2 amide bonds. The maximum absolute atomic E-state index is 12.3. The van der Waals surface area contributed by atoms with Crippen molar-refractivity contribution in [3.05, 3.63) is 78.9 Å². The number of hydrogen-bond donors (Lipinski definition) is 1. The van der Waals surface area contributed by atoms with Crippen molar-refractivity contribution in [1.82, 2.24) is 34.1 Å². The monoisotopic (exact) mass is 546 g/mol. The molecular formula is C32H34N8O. The average molecular weight is 547 g/mol. The lowest BCUT2D eigenvalue weighted by atomic mass is 9.78. The Morgan fingerprint density at radius 2 is 1.68 bits per heavy atom. The lowest BCUT2D eigenvalue weighted by Gasteiger charge is -2.46. The molecule has 0 radical (unpaired) electrons. The van der Waals surface area contributed by atoms with E-state index in [4.69, 9.17) is 15.7 Å². The molecule has 1 saturated heterocycles. The second-order valence-electron chi connectivity index (χ2n) is 11.3. The lowest BCUT2D eigenvalue weighted by molar-refractivity contribution is 0.0556. The fourth-order valence-electron chi connectivity index (χ4n) is 6.27. The maximum Gasteiger partial charge on any atom is 0.319 e. The largest absolute Gasteiger partial charge is 0.382 e. The Hall–Kier alpha value is -4.50. The van der Waals surface area contributed by atoms with Crippen LogP contribution in [0.5, 0.6) is 0 Å². The van der Waals surface area contributed by atoms with Gasteiger partial charge in [0, 0.05) is 81.1 Å². The Kier molecular flexibility index (Phi) is 6.31. The molecule has 1 saturated carbocycles. The minimum Gasteiger partial charge on any atom is -0.382 e. The van der Waals surface area contributed by atoms with Gasteiger partial charge >= 0.3 is 6.03 Å². The number of pyridine rings is 1. The molecule has 208 valence electrons. The first-order valence-corrected chi connectivity index (χ1v) is 14.3. The Morgan fingerprint density at radius 1 is 0.927 bits per heavy atom. The van der Waals surface area contributed by atoms with Crippen LogP contribution in [0, 0.1) is 0 Å². The quantitative estimate of drug-likeness (QED) is 0.350. The van der Waals surface area contributed by atoms with Crippen LogP contribution >= 0.6 is 0 Å². The number of nitrogen functional groups attached to an aromatic ring is 1. The summed E-state index contributed by atoms with van der Waals surface area (Å²) in [5.41, 5.74) is 12.1. The summed E-state index contributed by atoms with van der Waals surface area (Å²) in [7, 11) is 3.63. The van der Waals surface area contributed by atoms with Crippen LogP contribution in [0.3, 0.4) is 0 Å². The number of carbonyl (C=O) groups excluding carboxylic acids is 1. The van der Waals surface area contributed by atoms with Gasteiger partial charge in [-0.2, -0.15) is 0 Å². The van der Waals surface area contributed by atoms with Gasteiger partial charge < -0.3 is 15.5 Å². The number of rotatable bonds is 4. The van der Waals surface area contributed by atoms with Crippen LogP contribution in [0.2, 0.25) is 0 Å². The van der Waals surface area contributed by atoms with Gasteiger partial charge in [-0.25, -0.2) is 19.7 Å². The van der Waals surface area contributed by atoms with E-state index in [0.717, 1.165) is 83.8 Å². The van der Waals surface area contributed by atoms with Gasteiger partial charge in [0.15, 0.2) is 0 Å². The number of hydrogen-bond acceptors (Lipinski definition) is 6. The zero-order chi connectivity index (χ0) is 28.1. The first-order valence-electron chi connectivity index (χ1n) is 14.3. The second kappa shape index (κ2) is 10.2. The Morgan fingerprint density at radius 3 is 2.44 bits per heavy atom. The predicted octanol–water partition coefficient (Wildman–Crippen LogP) is 4.74. The molecule has 1 aliphatic heterocycles. The fraction of sp³-hybridized carbons (Fsp3) is 0.312. The van der Waals surface area contributed by atoms with E-state index in [1.807, 2.05) is 43.4 Å². The van der Waals surface area contributed by atoms with Gasteiger partial charge in [0.2, 0.25) is 0 Å². The Balaban J connectivity index is 1.16. The highest BCUT2D eigenvalue weighted by Crippen LogP contribution is 2.42. The topological polar surface area (TPSA) is 95.9 Å². The normalized spacial score (nSPS) is 19.4. The number of nitrogens with two attached hydrogens (primary N) is 1. The Labute approximate surface area is 239 Å². The molecule has 2 aliphatic rings. The molecule has 0 bridgehead atoms. The average Bonchev–Trinajstić information content (AvgIpc) is 3.36.